The summed E-state index contributed by atoms with van der Waals surface area (Å²) in [4.78, 5) is 30.6. The summed E-state index contributed by atoms with van der Waals surface area (Å²) in [5.74, 6) is 1.17. The number of carbonyl (C=O) groups is 1. The minimum absolute atomic E-state index is 0.148. The van der Waals surface area contributed by atoms with Crippen LogP contribution in [0.2, 0.25) is 0 Å². The Labute approximate surface area is 157 Å². The van der Waals surface area contributed by atoms with Crippen molar-refractivity contribution in [3.8, 4) is 11.5 Å². The minimum atomic E-state index is -0.478. The second-order valence-electron chi connectivity index (χ2n) is 6.74. The van der Waals surface area contributed by atoms with Gasteiger partial charge in [0, 0.05) is 24.5 Å². The van der Waals surface area contributed by atoms with Crippen LogP contribution in [0.5, 0.6) is 11.5 Å². The van der Waals surface area contributed by atoms with Crippen molar-refractivity contribution in [1.29, 1.82) is 0 Å². The molecule has 0 saturated carbocycles. The maximum Gasteiger partial charge on any atom is 0.348 e. The number of aryl methyl sites for hydroxylation is 2. The lowest BCUT2D eigenvalue weighted by Crippen LogP contribution is -2.39. The number of carbonyl (C=O) groups excluding carboxylic acids is 1. The first-order valence-corrected chi connectivity index (χ1v) is 8.75. The Hall–Kier alpha value is -2.87. The van der Waals surface area contributed by atoms with E-state index >= 15 is 0 Å². The summed E-state index contributed by atoms with van der Waals surface area (Å²) in [6, 6.07) is 6.86. The molecule has 0 aliphatic carbocycles. The van der Waals surface area contributed by atoms with Gasteiger partial charge in [-0.05, 0) is 51.7 Å². The van der Waals surface area contributed by atoms with Crippen LogP contribution in [0.3, 0.4) is 0 Å². The topological polar surface area (TPSA) is 85.7 Å². The Bertz CT molecular complexity index is 907. The zero-order valence-corrected chi connectivity index (χ0v) is 16.0. The number of hydrogen-bond acceptors (Lipinski definition) is 6. The molecule has 1 aromatic heterocycles. The molecule has 2 heterocycles. The molecule has 144 valence electrons. The third kappa shape index (κ3) is 4.11. The summed E-state index contributed by atoms with van der Waals surface area (Å²) >= 11 is 0. The molecule has 1 aliphatic rings. The van der Waals surface area contributed by atoms with Crippen molar-refractivity contribution < 1.29 is 14.3 Å². The van der Waals surface area contributed by atoms with E-state index in [0.29, 0.717) is 30.3 Å². The molecule has 2 aromatic rings. The Morgan fingerprint density at radius 3 is 2.70 bits per heavy atom. The van der Waals surface area contributed by atoms with Crippen LogP contribution in [0.4, 0.5) is 0 Å². The zero-order chi connectivity index (χ0) is 19.6. The number of nitrogens with zero attached hydrogens (tertiary/aromatic N) is 3. The van der Waals surface area contributed by atoms with Crippen LogP contribution in [-0.4, -0.2) is 47.8 Å². The van der Waals surface area contributed by atoms with E-state index in [9.17, 15) is 9.59 Å². The van der Waals surface area contributed by atoms with Gasteiger partial charge in [-0.15, -0.1) is 0 Å². The Balaban J connectivity index is 1.69. The molecule has 1 aliphatic heterocycles. The van der Waals surface area contributed by atoms with Gasteiger partial charge >= 0.3 is 5.69 Å². The van der Waals surface area contributed by atoms with Crippen molar-refractivity contribution in [2.24, 2.45) is 0 Å². The van der Waals surface area contributed by atoms with E-state index in [1.54, 1.807) is 11.5 Å². The van der Waals surface area contributed by atoms with Crippen molar-refractivity contribution >= 4 is 5.91 Å². The van der Waals surface area contributed by atoms with E-state index in [0.717, 1.165) is 11.3 Å². The second kappa shape index (κ2) is 7.79. The maximum atomic E-state index is 12.8. The highest BCUT2D eigenvalue weighted by molar-refractivity contribution is 5.83. The first kappa shape index (κ1) is 18.9. The summed E-state index contributed by atoms with van der Waals surface area (Å²) in [5.41, 5.74) is 2.02. The fraction of sp³-hybridized carbons (Fsp3) is 0.421. The lowest BCUT2D eigenvalue weighted by atomic mass is 10.0. The summed E-state index contributed by atoms with van der Waals surface area (Å²) in [7, 11) is 3.68. The number of amides is 1. The van der Waals surface area contributed by atoms with Gasteiger partial charge in [-0.25, -0.2) is 4.79 Å². The summed E-state index contributed by atoms with van der Waals surface area (Å²) in [6.07, 6.45) is 0. The fourth-order valence-corrected chi connectivity index (χ4v) is 3.20. The number of hydrogen-bond donors (Lipinski definition) is 1. The van der Waals surface area contributed by atoms with Gasteiger partial charge < -0.3 is 14.8 Å². The van der Waals surface area contributed by atoms with Crippen LogP contribution in [0.25, 0.3) is 0 Å². The number of likely N-dealkylation sites (N-methyl/N-ethyl adjacent to an activating group) is 1. The van der Waals surface area contributed by atoms with Crippen molar-refractivity contribution in [3.05, 3.63) is 51.7 Å². The standard InChI is InChI=1S/C19H24N4O4/c1-12-9-13(2)23(19(25)21-12)8-7-20-18(24)17(22(3)4)14-5-6-15-16(10-14)27-11-26-15/h5-6,9-10,17H,7-8,11H2,1-4H3,(H,20,24)/t17-/m1/s1. The lowest BCUT2D eigenvalue weighted by molar-refractivity contribution is -0.125. The van der Waals surface area contributed by atoms with Gasteiger partial charge in [-0.1, -0.05) is 6.07 Å². The number of benzene rings is 1. The van der Waals surface area contributed by atoms with Gasteiger partial charge in [0.15, 0.2) is 11.5 Å². The highest BCUT2D eigenvalue weighted by Gasteiger charge is 2.25. The van der Waals surface area contributed by atoms with Crippen LogP contribution in [0.15, 0.2) is 29.1 Å². The number of nitrogens with one attached hydrogen (secondary N) is 1. The molecule has 1 aromatic carbocycles. The first-order valence-electron chi connectivity index (χ1n) is 8.75. The molecular weight excluding hydrogens is 348 g/mol. The van der Waals surface area contributed by atoms with Crippen LogP contribution < -0.4 is 20.5 Å². The predicted molar refractivity (Wildman–Crippen MR) is 100.0 cm³/mol. The van der Waals surface area contributed by atoms with E-state index in [4.69, 9.17) is 9.47 Å². The zero-order valence-electron chi connectivity index (χ0n) is 16.0. The molecule has 0 fully saturated rings. The van der Waals surface area contributed by atoms with Crippen LogP contribution in [0.1, 0.15) is 23.0 Å². The van der Waals surface area contributed by atoms with E-state index < -0.39 is 6.04 Å². The monoisotopic (exact) mass is 372 g/mol. The molecular formula is C19H24N4O4. The summed E-state index contributed by atoms with van der Waals surface area (Å²) in [6.45, 7) is 4.53. The predicted octanol–water partition coefficient (Wildman–Crippen LogP) is 1.01. The average Bonchev–Trinajstić information content (AvgIpc) is 3.04. The molecule has 8 nitrogen and oxygen atoms in total. The molecule has 1 N–H and O–H groups in total. The van der Waals surface area contributed by atoms with E-state index in [-0.39, 0.29) is 18.4 Å². The molecule has 1 atom stereocenters. The molecule has 1 amide bonds. The summed E-state index contributed by atoms with van der Waals surface area (Å²) in [5, 5.41) is 2.91. The third-order valence-electron chi connectivity index (χ3n) is 4.46. The molecule has 8 heteroatoms. The molecule has 0 spiro atoms. The SMILES string of the molecule is Cc1cc(C)n(CCNC(=O)[C@@H](c2ccc3c(c2)OCO3)N(C)C)c(=O)n1. The van der Waals surface area contributed by atoms with E-state index in [2.05, 4.69) is 10.3 Å². The van der Waals surface area contributed by atoms with Gasteiger partial charge in [0.05, 0.1) is 0 Å². The maximum absolute atomic E-state index is 12.8. The Morgan fingerprint density at radius 2 is 2.00 bits per heavy atom. The first-order chi connectivity index (χ1) is 12.9. The number of fused-ring (bicyclic) bond motifs is 1. The fourth-order valence-electron chi connectivity index (χ4n) is 3.20. The van der Waals surface area contributed by atoms with Gasteiger partial charge in [0.2, 0.25) is 12.7 Å². The second-order valence-corrected chi connectivity index (χ2v) is 6.74. The van der Waals surface area contributed by atoms with Crippen LogP contribution in [-0.2, 0) is 11.3 Å². The van der Waals surface area contributed by atoms with Crippen molar-refractivity contribution in [1.82, 2.24) is 19.8 Å². The van der Waals surface area contributed by atoms with Gasteiger partial charge in [0.1, 0.15) is 6.04 Å². The van der Waals surface area contributed by atoms with E-state index in [1.165, 1.54) is 0 Å². The normalized spacial score (nSPS) is 13.7. The number of rotatable bonds is 6. The molecule has 0 saturated heterocycles. The number of ether oxygens (including phenoxy) is 2. The van der Waals surface area contributed by atoms with Gasteiger partial charge in [-0.2, -0.15) is 4.98 Å². The molecule has 0 radical (unpaired) electrons. The highest BCUT2D eigenvalue weighted by Crippen LogP contribution is 2.35. The van der Waals surface area contributed by atoms with Crippen molar-refractivity contribution in [3.63, 3.8) is 0 Å². The third-order valence-corrected chi connectivity index (χ3v) is 4.46. The Morgan fingerprint density at radius 1 is 1.26 bits per heavy atom. The largest absolute Gasteiger partial charge is 0.454 e. The quantitative estimate of drug-likeness (QED) is 0.815. The van der Waals surface area contributed by atoms with Gasteiger partial charge in [-0.3, -0.25) is 14.3 Å². The smallest absolute Gasteiger partial charge is 0.348 e. The van der Waals surface area contributed by atoms with Crippen molar-refractivity contribution in [2.75, 3.05) is 27.4 Å². The molecule has 27 heavy (non-hydrogen) atoms. The van der Waals surface area contributed by atoms with Crippen molar-refractivity contribution in [2.45, 2.75) is 26.4 Å². The van der Waals surface area contributed by atoms with Crippen LogP contribution >= 0.6 is 0 Å². The molecule has 0 unspecified atom stereocenters. The number of aromatic nitrogens is 2. The highest BCUT2D eigenvalue weighted by atomic mass is 16.7. The minimum Gasteiger partial charge on any atom is -0.454 e. The lowest BCUT2D eigenvalue weighted by Gasteiger charge is -2.24. The molecule has 3 rings (SSSR count). The van der Waals surface area contributed by atoms with Gasteiger partial charge in [0.25, 0.3) is 0 Å². The van der Waals surface area contributed by atoms with Crippen LogP contribution in [0, 0.1) is 13.8 Å². The average molecular weight is 372 g/mol. The Kier molecular flexibility index (Phi) is 5.46. The summed E-state index contributed by atoms with van der Waals surface area (Å²) < 4.78 is 12.3. The molecule has 0 bridgehead atoms. The van der Waals surface area contributed by atoms with E-state index in [1.807, 2.05) is 50.2 Å².